The number of thiophene rings is 1. The monoisotopic (exact) mass is 533 g/mol. The number of benzene rings is 1. The highest BCUT2D eigenvalue weighted by Gasteiger charge is 2.38. The molecule has 10 heteroatoms. The second-order valence-electron chi connectivity index (χ2n) is 9.03. The second kappa shape index (κ2) is 13.4. The molecule has 36 heavy (non-hydrogen) atoms. The largest absolute Gasteiger partial charge is 0.383 e. The van der Waals surface area contributed by atoms with Crippen molar-refractivity contribution in [1.29, 1.82) is 0 Å². The number of anilines is 1. The van der Waals surface area contributed by atoms with Crippen molar-refractivity contribution in [1.82, 2.24) is 10.8 Å². The minimum atomic E-state index is -0.353. The number of ether oxygens (including phenoxy) is 2. The third-order valence-electron chi connectivity index (χ3n) is 6.29. The molecule has 0 aliphatic carbocycles. The molecule has 3 heterocycles. The molecular formula is C26H35N3O5S2. The third kappa shape index (κ3) is 7.45. The fraction of sp³-hybridized carbons (Fsp3) is 0.538. The number of methoxy groups -OCH3 is 1. The lowest BCUT2D eigenvalue weighted by Crippen LogP contribution is -2.37. The van der Waals surface area contributed by atoms with Crippen molar-refractivity contribution in [3.05, 3.63) is 41.3 Å². The van der Waals surface area contributed by atoms with Crippen LogP contribution in [-0.2, 0) is 23.9 Å². The summed E-state index contributed by atoms with van der Waals surface area (Å²) >= 11 is 3.58. The van der Waals surface area contributed by atoms with Gasteiger partial charge < -0.3 is 20.1 Å². The summed E-state index contributed by atoms with van der Waals surface area (Å²) in [5, 5.41) is 5.64. The van der Waals surface area contributed by atoms with Gasteiger partial charge in [0.2, 0.25) is 5.91 Å². The lowest BCUT2D eigenvalue weighted by Gasteiger charge is -2.35. The zero-order valence-corrected chi connectivity index (χ0v) is 22.3. The maximum atomic E-state index is 12.9. The molecule has 8 nitrogen and oxygen atoms in total. The number of carbonyl (C=O) groups is 2. The lowest BCUT2D eigenvalue weighted by atomic mass is 9.94. The standard InChI is InChI=1S/C26H35N3O5S2/c1-32-15-13-27-25(31)28-20-8-6-7-19(17-20)21-10-11-22(36-21)26(12-3-5-16-35-26)18-23(30)29-34-24-9-2-4-14-33-24/h6-8,10-11,17,24H,2-5,9,12-16,18H2,1H3,(H,29,30)(H2,27,28,31)/t24?,26-/m0/s1. The summed E-state index contributed by atoms with van der Waals surface area (Å²) in [5.41, 5.74) is 4.40. The van der Waals surface area contributed by atoms with Gasteiger partial charge in [0.15, 0.2) is 6.29 Å². The summed E-state index contributed by atoms with van der Waals surface area (Å²) in [4.78, 5) is 32.8. The Morgan fingerprint density at radius 2 is 2.08 bits per heavy atom. The van der Waals surface area contributed by atoms with Crippen LogP contribution in [0.4, 0.5) is 10.5 Å². The van der Waals surface area contributed by atoms with Gasteiger partial charge in [-0.15, -0.1) is 23.1 Å². The first-order chi connectivity index (χ1) is 17.6. The van der Waals surface area contributed by atoms with Crippen LogP contribution in [0.15, 0.2) is 36.4 Å². The number of urea groups is 1. The predicted molar refractivity (Wildman–Crippen MR) is 144 cm³/mol. The second-order valence-corrected chi connectivity index (χ2v) is 11.6. The molecule has 2 atom stereocenters. The molecule has 2 saturated heterocycles. The summed E-state index contributed by atoms with van der Waals surface area (Å²) in [6.07, 6.45) is 6.12. The zero-order valence-electron chi connectivity index (χ0n) is 20.7. The maximum Gasteiger partial charge on any atom is 0.319 e. The van der Waals surface area contributed by atoms with Crippen molar-refractivity contribution < 1.29 is 23.9 Å². The van der Waals surface area contributed by atoms with Crippen LogP contribution in [0.25, 0.3) is 10.4 Å². The van der Waals surface area contributed by atoms with Crippen molar-refractivity contribution in [3.8, 4) is 10.4 Å². The van der Waals surface area contributed by atoms with Crippen LogP contribution in [0.3, 0.4) is 0 Å². The molecule has 0 spiro atoms. The summed E-state index contributed by atoms with van der Waals surface area (Å²) < 4.78 is 10.3. The highest BCUT2D eigenvalue weighted by Crippen LogP contribution is 2.51. The van der Waals surface area contributed by atoms with Crippen LogP contribution in [0.1, 0.15) is 49.8 Å². The molecule has 2 fully saturated rings. The number of hydrogen-bond acceptors (Lipinski definition) is 7. The molecule has 3 amide bonds. The average Bonchev–Trinajstić information content (AvgIpc) is 3.40. The Kier molecular flexibility index (Phi) is 10.1. The Morgan fingerprint density at radius 3 is 2.86 bits per heavy atom. The van der Waals surface area contributed by atoms with Gasteiger partial charge in [-0.1, -0.05) is 18.6 Å². The van der Waals surface area contributed by atoms with Crippen molar-refractivity contribution in [3.63, 3.8) is 0 Å². The van der Waals surface area contributed by atoms with Crippen LogP contribution < -0.4 is 16.1 Å². The Bertz CT molecular complexity index is 1000. The van der Waals surface area contributed by atoms with Crippen LogP contribution in [-0.4, -0.2) is 50.8 Å². The average molecular weight is 534 g/mol. The van der Waals surface area contributed by atoms with E-state index in [1.54, 1.807) is 18.4 Å². The number of carbonyl (C=O) groups excluding carboxylic acids is 2. The normalized spacial score (nSPS) is 22.1. The minimum absolute atomic E-state index is 0.112. The van der Waals surface area contributed by atoms with Gasteiger partial charge in [-0.05, 0) is 61.3 Å². The van der Waals surface area contributed by atoms with Gasteiger partial charge in [0.25, 0.3) is 0 Å². The highest BCUT2D eigenvalue weighted by atomic mass is 32.2. The molecule has 0 bridgehead atoms. The molecular weight excluding hydrogens is 498 g/mol. The van der Waals surface area contributed by atoms with E-state index < -0.39 is 0 Å². The van der Waals surface area contributed by atoms with E-state index in [1.165, 1.54) is 11.3 Å². The van der Waals surface area contributed by atoms with E-state index in [2.05, 4.69) is 28.2 Å². The first-order valence-electron chi connectivity index (χ1n) is 12.5. The summed E-state index contributed by atoms with van der Waals surface area (Å²) in [7, 11) is 1.60. The van der Waals surface area contributed by atoms with Crippen molar-refractivity contribution >= 4 is 40.7 Å². The Morgan fingerprint density at radius 1 is 1.17 bits per heavy atom. The topological polar surface area (TPSA) is 97.9 Å². The van der Waals surface area contributed by atoms with E-state index in [0.29, 0.717) is 26.2 Å². The number of nitrogens with one attached hydrogen (secondary N) is 3. The van der Waals surface area contributed by atoms with Gasteiger partial charge in [0.05, 0.1) is 11.4 Å². The molecule has 1 aromatic carbocycles. The van der Waals surface area contributed by atoms with E-state index in [4.69, 9.17) is 14.3 Å². The Labute approximate surface area is 220 Å². The van der Waals surface area contributed by atoms with Crippen LogP contribution in [0.5, 0.6) is 0 Å². The van der Waals surface area contributed by atoms with Gasteiger partial charge >= 0.3 is 6.03 Å². The van der Waals surface area contributed by atoms with Gasteiger partial charge in [-0.2, -0.15) is 0 Å². The van der Waals surface area contributed by atoms with E-state index >= 15 is 0 Å². The molecule has 3 N–H and O–H groups in total. The smallest absolute Gasteiger partial charge is 0.319 e. The van der Waals surface area contributed by atoms with Crippen molar-refractivity contribution in [2.45, 2.75) is 56.0 Å². The number of hydroxylamine groups is 1. The molecule has 0 radical (unpaired) electrons. The summed E-state index contributed by atoms with van der Waals surface area (Å²) in [6, 6.07) is 11.8. The molecule has 0 saturated carbocycles. The van der Waals surface area contributed by atoms with E-state index in [1.807, 2.05) is 36.0 Å². The van der Waals surface area contributed by atoms with E-state index in [0.717, 1.165) is 54.0 Å². The molecule has 2 aromatic rings. The summed E-state index contributed by atoms with van der Waals surface area (Å²) in [5.74, 6) is 0.921. The summed E-state index contributed by atoms with van der Waals surface area (Å²) in [6.45, 7) is 1.58. The SMILES string of the molecule is COCCNC(=O)Nc1cccc(-c2ccc([C@@]3(CC(=O)NOC4CCCCO4)CCCCS3)s2)c1. The molecule has 1 unspecified atom stereocenters. The first-order valence-corrected chi connectivity index (χ1v) is 14.3. The van der Waals surface area contributed by atoms with Crippen LogP contribution in [0, 0.1) is 0 Å². The Balaban J connectivity index is 1.42. The van der Waals surface area contributed by atoms with Gasteiger partial charge in [0.1, 0.15) is 0 Å². The zero-order chi connectivity index (χ0) is 25.2. The van der Waals surface area contributed by atoms with Crippen molar-refractivity contribution in [2.24, 2.45) is 0 Å². The van der Waals surface area contributed by atoms with Gasteiger partial charge in [0, 0.05) is 48.5 Å². The fourth-order valence-electron chi connectivity index (χ4n) is 4.43. The van der Waals surface area contributed by atoms with E-state index in [9.17, 15) is 9.59 Å². The molecule has 1 aromatic heterocycles. The molecule has 2 aliphatic heterocycles. The van der Waals surface area contributed by atoms with Gasteiger partial charge in [-0.25, -0.2) is 15.1 Å². The maximum absolute atomic E-state index is 12.9. The number of rotatable bonds is 10. The molecule has 196 valence electrons. The molecule has 4 rings (SSSR count). The number of thioether (sulfide) groups is 1. The predicted octanol–water partition coefficient (Wildman–Crippen LogP) is 5.26. The number of amides is 3. The highest BCUT2D eigenvalue weighted by molar-refractivity contribution is 8.00. The fourth-order valence-corrected chi connectivity index (χ4v) is 7.32. The van der Waals surface area contributed by atoms with Crippen molar-refractivity contribution in [2.75, 3.05) is 37.9 Å². The minimum Gasteiger partial charge on any atom is -0.383 e. The Hall–Kier alpha value is -2.11. The van der Waals surface area contributed by atoms with E-state index in [-0.39, 0.29) is 23.0 Å². The van der Waals surface area contributed by atoms with Crippen LogP contribution in [0.2, 0.25) is 0 Å². The molecule has 2 aliphatic rings. The number of hydrogen-bond donors (Lipinski definition) is 3. The van der Waals surface area contributed by atoms with Gasteiger partial charge in [-0.3, -0.25) is 4.79 Å². The quantitative estimate of drug-likeness (QED) is 0.285. The van der Waals surface area contributed by atoms with Crippen LogP contribution >= 0.6 is 23.1 Å². The third-order valence-corrected chi connectivity index (χ3v) is 9.37. The lowest BCUT2D eigenvalue weighted by molar-refractivity contribution is -0.200. The first kappa shape index (κ1) is 26.9.